The van der Waals surface area contributed by atoms with Crippen LogP contribution in [0.3, 0.4) is 0 Å². The van der Waals surface area contributed by atoms with E-state index in [1.165, 1.54) is 19.4 Å². The minimum absolute atomic E-state index is 0.0460. The molecule has 1 rings (SSSR count). The number of carbonyl (C=O) groups is 5. The second kappa shape index (κ2) is 13.3. The topological polar surface area (TPSA) is 237 Å². The highest BCUT2D eigenvalue weighted by Gasteiger charge is 2.32. The highest BCUT2D eigenvalue weighted by Crippen LogP contribution is 2.07. The van der Waals surface area contributed by atoms with Crippen LogP contribution in [-0.2, 0) is 30.4 Å². The molecule has 0 aliphatic carbocycles. The number of H-pyrrole nitrogens is 1. The molecule has 1 aromatic heterocycles. The van der Waals surface area contributed by atoms with Crippen molar-refractivity contribution in [2.75, 3.05) is 0 Å². The third-order valence-corrected chi connectivity index (χ3v) is 4.77. The molecule has 1 heterocycles. The van der Waals surface area contributed by atoms with Gasteiger partial charge in [0.05, 0.1) is 18.9 Å². The number of nitrogens with one attached hydrogen (secondary N) is 4. The van der Waals surface area contributed by atoms with Gasteiger partial charge in [-0.15, -0.1) is 0 Å². The van der Waals surface area contributed by atoms with E-state index in [4.69, 9.17) is 10.8 Å². The molecule has 0 bridgehead atoms. The molecular weight excluding hydrogens is 452 g/mol. The first kappa shape index (κ1) is 28.5. The molecule has 14 heteroatoms. The summed E-state index contributed by atoms with van der Waals surface area (Å²) in [6, 6.07) is -5.56. The van der Waals surface area contributed by atoms with Crippen LogP contribution in [0.15, 0.2) is 12.5 Å². The van der Waals surface area contributed by atoms with Gasteiger partial charge in [-0.05, 0) is 19.3 Å². The number of aliphatic hydroxyl groups excluding tert-OH is 1. The molecule has 34 heavy (non-hydrogen) atoms. The summed E-state index contributed by atoms with van der Waals surface area (Å²) >= 11 is 0. The average molecular weight is 485 g/mol. The van der Waals surface area contributed by atoms with Gasteiger partial charge in [-0.3, -0.25) is 19.2 Å². The molecule has 9 N–H and O–H groups in total. The Morgan fingerprint density at radius 1 is 0.971 bits per heavy atom. The average Bonchev–Trinajstić information content (AvgIpc) is 3.23. The van der Waals surface area contributed by atoms with Crippen LogP contribution in [0.25, 0.3) is 0 Å². The first-order chi connectivity index (χ1) is 15.8. The van der Waals surface area contributed by atoms with Gasteiger partial charge < -0.3 is 42.0 Å². The number of aliphatic hydroxyl groups is 1. The van der Waals surface area contributed by atoms with Gasteiger partial charge in [0.2, 0.25) is 17.7 Å². The molecule has 0 saturated carbocycles. The van der Waals surface area contributed by atoms with Crippen LogP contribution >= 0.6 is 0 Å². The SMILES string of the molecule is CC(C)CC(NC(=O)C(Cc1cnc[nH]1)NC(=O)C(CC(=O)O)NC(=O)C(N)C(C)O)C(=O)O. The molecule has 5 unspecified atom stereocenters. The summed E-state index contributed by atoms with van der Waals surface area (Å²) in [5.41, 5.74) is 5.97. The lowest BCUT2D eigenvalue weighted by Crippen LogP contribution is -2.59. The van der Waals surface area contributed by atoms with Crippen molar-refractivity contribution in [1.82, 2.24) is 25.9 Å². The number of carbonyl (C=O) groups excluding carboxylic acids is 3. The number of aliphatic carboxylic acids is 2. The molecule has 0 aromatic carbocycles. The monoisotopic (exact) mass is 484 g/mol. The number of nitrogens with two attached hydrogens (primary N) is 1. The van der Waals surface area contributed by atoms with Crippen LogP contribution in [0, 0.1) is 5.92 Å². The van der Waals surface area contributed by atoms with E-state index in [-0.39, 0.29) is 18.8 Å². The Hall–Kier alpha value is -3.52. The fourth-order valence-corrected chi connectivity index (χ4v) is 2.93. The number of carboxylic acids is 2. The number of carboxylic acid groups (broad SMARTS) is 2. The molecule has 0 fully saturated rings. The van der Waals surface area contributed by atoms with Crippen molar-refractivity contribution in [3.05, 3.63) is 18.2 Å². The second-order valence-corrected chi connectivity index (χ2v) is 8.30. The van der Waals surface area contributed by atoms with Gasteiger partial charge in [-0.2, -0.15) is 0 Å². The molecule has 0 saturated heterocycles. The molecule has 3 amide bonds. The number of hydrogen-bond donors (Lipinski definition) is 8. The summed E-state index contributed by atoms with van der Waals surface area (Å²) in [5, 5.41) is 34.9. The maximum absolute atomic E-state index is 12.9. The first-order valence-corrected chi connectivity index (χ1v) is 10.6. The zero-order chi connectivity index (χ0) is 26.0. The van der Waals surface area contributed by atoms with Crippen LogP contribution in [0.1, 0.15) is 39.3 Å². The van der Waals surface area contributed by atoms with Crippen molar-refractivity contribution >= 4 is 29.7 Å². The van der Waals surface area contributed by atoms with E-state index in [1.54, 1.807) is 13.8 Å². The zero-order valence-corrected chi connectivity index (χ0v) is 19.1. The van der Waals surface area contributed by atoms with Crippen molar-refractivity contribution < 1.29 is 39.3 Å². The number of nitrogens with zero attached hydrogens (tertiary/aromatic N) is 1. The van der Waals surface area contributed by atoms with Crippen LogP contribution in [0.5, 0.6) is 0 Å². The smallest absolute Gasteiger partial charge is 0.326 e. The lowest BCUT2D eigenvalue weighted by molar-refractivity contribution is -0.143. The van der Waals surface area contributed by atoms with E-state index < -0.39 is 66.4 Å². The Balaban J connectivity index is 3.09. The van der Waals surface area contributed by atoms with Crippen LogP contribution in [0.2, 0.25) is 0 Å². The van der Waals surface area contributed by atoms with Crippen molar-refractivity contribution in [2.24, 2.45) is 11.7 Å². The molecule has 0 radical (unpaired) electrons. The molecule has 190 valence electrons. The fourth-order valence-electron chi connectivity index (χ4n) is 2.93. The van der Waals surface area contributed by atoms with Crippen LogP contribution < -0.4 is 21.7 Å². The van der Waals surface area contributed by atoms with Gasteiger partial charge in [-0.25, -0.2) is 9.78 Å². The Morgan fingerprint density at radius 2 is 1.53 bits per heavy atom. The van der Waals surface area contributed by atoms with Crippen LogP contribution in [0.4, 0.5) is 0 Å². The minimum atomic E-state index is -1.61. The first-order valence-electron chi connectivity index (χ1n) is 10.6. The fraction of sp³-hybridized carbons (Fsp3) is 0.600. The van der Waals surface area contributed by atoms with Crippen molar-refractivity contribution in [3.8, 4) is 0 Å². The standard InChI is InChI=1S/C20H32N6O8/c1-9(2)4-14(20(33)34)26-17(30)12(5-11-7-22-8-23-11)24-18(31)13(6-15(28)29)25-19(32)16(21)10(3)27/h7-10,12-14,16,27H,4-6,21H2,1-3H3,(H,22,23)(H,24,31)(H,25,32)(H,26,30)(H,28,29)(H,33,34). The number of amides is 3. The predicted octanol–water partition coefficient (Wildman–Crippen LogP) is -2.28. The highest BCUT2D eigenvalue weighted by molar-refractivity contribution is 5.95. The van der Waals surface area contributed by atoms with Gasteiger partial charge >= 0.3 is 11.9 Å². The van der Waals surface area contributed by atoms with E-state index >= 15 is 0 Å². The summed E-state index contributed by atoms with van der Waals surface area (Å²) in [6.07, 6.45) is 0.672. The summed E-state index contributed by atoms with van der Waals surface area (Å²) in [7, 11) is 0. The van der Waals surface area contributed by atoms with E-state index in [0.29, 0.717) is 5.69 Å². The molecule has 0 aliphatic rings. The van der Waals surface area contributed by atoms with E-state index in [2.05, 4.69) is 25.9 Å². The Labute approximate surface area is 195 Å². The molecular formula is C20H32N6O8. The lowest BCUT2D eigenvalue weighted by atomic mass is 10.0. The maximum Gasteiger partial charge on any atom is 0.326 e. The minimum Gasteiger partial charge on any atom is -0.481 e. The van der Waals surface area contributed by atoms with E-state index in [9.17, 15) is 34.2 Å². The number of imidazole rings is 1. The summed E-state index contributed by atoms with van der Waals surface area (Å²) in [5.74, 6) is -5.51. The van der Waals surface area contributed by atoms with Gasteiger partial charge in [0.25, 0.3) is 0 Å². The number of rotatable bonds is 14. The molecule has 14 nitrogen and oxygen atoms in total. The second-order valence-electron chi connectivity index (χ2n) is 8.30. The Morgan fingerprint density at radius 3 is 2.00 bits per heavy atom. The van der Waals surface area contributed by atoms with E-state index in [0.717, 1.165) is 0 Å². The molecule has 5 atom stereocenters. The third-order valence-electron chi connectivity index (χ3n) is 4.77. The predicted molar refractivity (Wildman–Crippen MR) is 117 cm³/mol. The van der Waals surface area contributed by atoms with Gasteiger partial charge in [0, 0.05) is 18.3 Å². The van der Waals surface area contributed by atoms with Crippen LogP contribution in [-0.4, -0.2) is 85.2 Å². The molecule has 1 aromatic rings. The van der Waals surface area contributed by atoms with Gasteiger partial charge in [0.1, 0.15) is 24.2 Å². The summed E-state index contributed by atoms with van der Waals surface area (Å²) in [6.45, 7) is 4.81. The Bertz CT molecular complexity index is 857. The molecule has 0 aliphatic heterocycles. The van der Waals surface area contributed by atoms with Crippen molar-refractivity contribution in [3.63, 3.8) is 0 Å². The van der Waals surface area contributed by atoms with Crippen molar-refractivity contribution in [2.45, 2.75) is 70.3 Å². The largest absolute Gasteiger partial charge is 0.481 e. The summed E-state index contributed by atoms with van der Waals surface area (Å²) in [4.78, 5) is 67.2. The van der Waals surface area contributed by atoms with Crippen molar-refractivity contribution in [1.29, 1.82) is 0 Å². The highest BCUT2D eigenvalue weighted by atomic mass is 16.4. The number of aromatic nitrogens is 2. The summed E-state index contributed by atoms with van der Waals surface area (Å²) < 4.78 is 0. The van der Waals surface area contributed by atoms with E-state index in [1.807, 2.05) is 0 Å². The zero-order valence-electron chi connectivity index (χ0n) is 19.1. The Kier molecular flexibility index (Phi) is 11.1. The van der Waals surface area contributed by atoms with Gasteiger partial charge in [-0.1, -0.05) is 13.8 Å². The maximum atomic E-state index is 12.9. The number of hydrogen-bond acceptors (Lipinski definition) is 8. The quantitative estimate of drug-likeness (QED) is 0.141. The number of aromatic amines is 1. The third kappa shape index (κ3) is 9.54. The normalized spacial score (nSPS) is 15.5. The van der Waals surface area contributed by atoms with Gasteiger partial charge in [0.15, 0.2) is 0 Å². The lowest BCUT2D eigenvalue weighted by Gasteiger charge is -2.25. The molecule has 0 spiro atoms.